The quantitative estimate of drug-likeness (QED) is 0.502. The van der Waals surface area contributed by atoms with E-state index in [1.54, 1.807) is 14.0 Å². The fraction of sp³-hybridized carbons (Fsp3) is 0.556. The molecule has 1 aromatic rings. The van der Waals surface area contributed by atoms with Crippen molar-refractivity contribution in [3.05, 3.63) is 35.4 Å². The maximum Gasteiger partial charge on any atom is 0.309 e. The van der Waals surface area contributed by atoms with Crippen LogP contribution in [-0.4, -0.2) is 50.1 Å². The SMILES string of the molecule is CCOC(=O)C1CCN(C(=NC)NCCc2c(F)cccc2F)CC1. The molecule has 1 aromatic carbocycles. The van der Waals surface area contributed by atoms with Gasteiger partial charge in [-0.1, -0.05) is 6.07 Å². The fourth-order valence-corrected chi connectivity index (χ4v) is 2.99. The van der Waals surface area contributed by atoms with Crippen molar-refractivity contribution in [2.45, 2.75) is 26.2 Å². The lowest BCUT2D eigenvalue weighted by atomic mass is 9.97. The van der Waals surface area contributed by atoms with Gasteiger partial charge in [0.1, 0.15) is 11.6 Å². The van der Waals surface area contributed by atoms with Crippen molar-refractivity contribution >= 4 is 11.9 Å². The van der Waals surface area contributed by atoms with E-state index in [4.69, 9.17) is 4.74 Å². The third-order valence-corrected chi connectivity index (χ3v) is 4.35. The Hall–Kier alpha value is -2.18. The molecule has 0 aromatic heterocycles. The number of carbonyl (C=O) groups is 1. The minimum atomic E-state index is -0.535. The second-order valence-electron chi connectivity index (χ2n) is 5.94. The molecule has 0 saturated carbocycles. The molecule has 1 heterocycles. The average molecular weight is 353 g/mol. The van der Waals surface area contributed by atoms with Gasteiger partial charge in [0.2, 0.25) is 0 Å². The average Bonchev–Trinajstić information content (AvgIpc) is 2.61. The Kier molecular flexibility index (Phi) is 7.16. The zero-order chi connectivity index (χ0) is 18.2. The minimum Gasteiger partial charge on any atom is -0.466 e. The Balaban J connectivity index is 1.83. The predicted octanol–water partition coefficient (Wildman–Crippen LogP) is 2.36. The number of hydrogen-bond donors (Lipinski definition) is 1. The summed E-state index contributed by atoms with van der Waals surface area (Å²) in [6, 6.07) is 3.87. The van der Waals surface area contributed by atoms with Crippen LogP contribution in [0, 0.1) is 17.6 Å². The molecule has 7 heteroatoms. The van der Waals surface area contributed by atoms with Crippen LogP contribution in [0.5, 0.6) is 0 Å². The summed E-state index contributed by atoms with van der Waals surface area (Å²) in [5.41, 5.74) is 0.0754. The van der Waals surface area contributed by atoms with Crippen molar-refractivity contribution in [1.82, 2.24) is 10.2 Å². The van der Waals surface area contributed by atoms with E-state index in [1.165, 1.54) is 18.2 Å². The summed E-state index contributed by atoms with van der Waals surface area (Å²) in [5, 5.41) is 3.14. The third-order valence-electron chi connectivity index (χ3n) is 4.35. The summed E-state index contributed by atoms with van der Waals surface area (Å²) in [6.07, 6.45) is 1.65. The summed E-state index contributed by atoms with van der Waals surface area (Å²) in [4.78, 5) is 18.1. The van der Waals surface area contributed by atoms with E-state index in [0.29, 0.717) is 45.0 Å². The molecule has 5 nitrogen and oxygen atoms in total. The van der Waals surface area contributed by atoms with Crippen LogP contribution < -0.4 is 5.32 Å². The first-order valence-corrected chi connectivity index (χ1v) is 8.62. The maximum atomic E-state index is 13.6. The molecule has 0 spiro atoms. The van der Waals surface area contributed by atoms with E-state index in [1.807, 2.05) is 4.90 Å². The van der Waals surface area contributed by atoms with Gasteiger partial charge in [-0.15, -0.1) is 0 Å². The Morgan fingerprint density at radius 2 is 1.96 bits per heavy atom. The Morgan fingerprint density at radius 3 is 2.52 bits per heavy atom. The largest absolute Gasteiger partial charge is 0.466 e. The van der Waals surface area contributed by atoms with Crippen LogP contribution in [0.3, 0.4) is 0 Å². The van der Waals surface area contributed by atoms with Crippen LogP contribution in [0.2, 0.25) is 0 Å². The number of aliphatic imine (C=N–C) groups is 1. The Bertz CT molecular complexity index is 594. The lowest BCUT2D eigenvalue weighted by Crippen LogP contribution is -2.47. The van der Waals surface area contributed by atoms with Crippen molar-refractivity contribution in [3.8, 4) is 0 Å². The van der Waals surface area contributed by atoms with Gasteiger partial charge in [0.25, 0.3) is 0 Å². The molecule has 0 aliphatic carbocycles. The van der Waals surface area contributed by atoms with E-state index >= 15 is 0 Å². The number of carbonyl (C=O) groups excluding carboxylic acids is 1. The predicted molar refractivity (Wildman–Crippen MR) is 92.4 cm³/mol. The zero-order valence-corrected chi connectivity index (χ0v) is 14.7. The molecule has 1 aliphatic rings. The first-order valence-electron chi connectivity index (χ1n) is 8.62. The first kappa shape index (κ1) is 19.1. The molecular weight excluding hydrogens is 328 g/mol. The summed E-state index contributed by atoms with van der Waals surface area (Å²) in [6.45, 7) is 3.96. The number of esters is 1. The molecule has 1 fully saturated rings. The molecule has 2 rings (SSSR count). The number of ether oxygens (including phenoxy) is 1. The summed E-state index contributed by atoms with van der Waals surface area (Å²) in [7, 11) is 1.67. The number of rotatable bonds is 5. The monoisotopic (exact) mass is 353 g/mol. The number of piperidine rings is 1. The number of likely N-dealkylation sites (tertiary alicyclic amines) is 1. The second kappa shape index (κ2) is 9.34. The molecule has 138 valence electrons. The number of hydrogen-bond acceptors (Lipinski definition) is 3. The Labute approximate surface area is 147 Å². The van der Waals surface area contributed by atoms with Crippen LogP contribution in [0.4, 0.5) is 8.78 Å². The van der Waals surface area contributed by atoms with Gasteiger partial charge >= 0.3 is 5.97 Å². The van der Waals surface area contributed by atoms with Crippen LogP contribution in [0.1, 0.15) is 25.3 Å². The number of nitrogens with zero attached hydrogens (tertiary/aromatic N) is 2. The third kappa shape index (κ3) is 5.14. The first-order chi connectivity index (χ1) is 12.1. The van der Waals surface area contributed by atoms with Crippen molar-refractivity contribution in [1.29, 1.82) is 0 Å². The van der Waals surface area contributed by atoms with Crippen molar-refractivity contribution in [2.75, 3.05) is 33.3 Å². The van der Waals surface area contributed by atoms with Crippen LogP contribution >= 0.6 is 0 Å². The Morgan fingerprint density at radius 1 is 1.32 bits per heavy atom. The van der Waals surface area contributed by atoms with Crippen molar-refractivity contribution in [2.24, 2.45) is 10.9 Å². The molecule has 0 atom stereocenters. The lowest BCUT2D eigenvalue weighted by molar-refractivity contribution is -0.149. The molecule has 1 aliphatic heterocycles. The van der Waals surface area contributed by atoms with Gasteiger partial charge in [0, 0.05) is 32.2 Å². The van der Waals surface area contributed by atoms with Crippen molar-refractivity contribution in [3.63, 3.8) is 0 Å². The summed E-state index contributed by atoms with van der Waals surface area (Å²) in [5.74, 6) is -0.597. The van der Waals surface area contributed by atoms with Gasteiger partial charge in [-0.05, 0) is 38.3 Å². The number of benzene rings is 1. The summed E-state index contributed by atoms with van der Waals surface area (Å²) >= 11 is 0. The van der Waals surface area contributed by atoms with Gasteiger partial charge in [-0.2, -0.15) is 0 Å². The van der Waals surface area contributed by atoms with Crippen LogP contribution in [0.25, 0.3) is 0 Å². The highest BCUT2D eigenvalue weighted by Gasteiger charge is 2.27. The summed E-state index contributed by atoms with van der Waals surface area (Å²) < 4.78 is 32.3. The number of halogens is 2. The molecule has 0 bridgehead atoms. The second-order valence-corrected chi connectivity index (χ2v) is 5.94. The minimum absolute atomic E-state index is 0.0678. The van der Waals surface area contributed by atoms with E-state index in [9.17, 15) is 13.6 Å². The maximum absolute atomic E-state index is 13.6. The highest BCUT2D eigenvalue weighted by molar-refractivity contribution is 5.80. The van der Waals surface area contributed by atoms with Gasteiger partial charge < -0.3 is 15.0 Å². The van der Waals surface area contributed by atoms with Crippen LogP contribution in [0.15, 0.2) is 23.2 Å². The van der Waals surface area contributed by atoms with Gasteiger partial charge in [0.05, 0.1) is 12.5 Å². The number of guanidine groups is 1. The molecule has 0 radical (unpaired) electrons. The zero-order valence-electron chi connectivity index (χ0n) is 14.7. The normalized spacial score (nSPS) is 16.0. The molecular formula is C18H25F2N3O2. The molecule has 1 saturated heterocycles. The highest BCUT2D eigenvalue weighted by atomic mass is 19.1. The molecule has 25 heavy (non-hydrogen) atoms. The number of nitrogens with one attached hydrogen (secondary N) is 1. The van der Waals surface area contributed by atoms with Gasteiger partial charge in [-0.3, -0.25) is 9.79 Å². The van der Waals surface area contributed by atoms with E-state index in [0.717, 1.165) is 0 Å². The molecule has 0 amide bonds. The van der Waals surface area contributed by atoms with Crippen molar-refractivity contribution < 1.29 is 18.3 Å². The highest BCUT2D eigenvalue weighted by Crippen LogP contribution is 2.19. The van der Waals surface area contributed by atoms with Gasteiger partial charge in [-0.25, -0.2) is 8.78 Å². The topological polar surface area (TPSA) is 53.9 Å². The van der Waals surface area contributed by atoms with Gasteiger partial charge in [0.15, 0.2) is 5.96 Å². The molecule has 0 unspecified atom stereocenters. The lowest BCUT2D eigenvalue weighted by Gasteiger charge is -2.33. The smallest absolute Gasteiger partial charge is 0.309 e. The van der Waals surface area contributed by atoms with E-state index < -0.39 is 11.6 Å². The van der Waals surface area contributed by atoms with Crippen LogP contribution in [-0.2, 0) is 16.0 Å². The van der Waals surface area contributed by atoms with E-state index in [2.05, 4.69) is 10.3 Å². The van der Waals surface area contributed by atoms with E-state index in [-0.39, 0.29) is 23.9 Å². The molecule has 1 N–H and O–H groups in total. The fourth-order valence-electron chi connectivity index (χ4n) is 2.99. The standard InChI is InChI=1S/C18H25F2N3O2/c1-3-25-17(24)13-8-11-23(12-9-13)18(21-2)22-10-7-14-15(19)5-4-6-16(14)20/h4-6,13H,3,7-12H2,1-2H3,(H,21,22).